The van der Waals surface area contributed by atoms with Crippen molar-refractivity contribution in [3.63, 3.8) is 0 Å². The van der Waals surface area contributed by atoms with Gasteiger partial charge in [0.1, 0.15) is 0 Å². The lowest BCUT2D eigenvalue weighted by molar-refractivity contribution is 0.397. The van der Waals surface area contributed by atoms with Gasteiger partial charge in [-0.05, 0) is 104 Å². The van der Waals surface area contributed by atoms with E-state index in [-0.39, 0.29) is 16.5 Å². The molecule has 254 valence electrons. The summed E-state index contributed by atoms with van der Waals surface area (Å²) < 4.78 is 0. The molecule has 1 aliphatic carbocycles. The number of rotatable bonds is 18. The lowest BCUT2D eigenvalue weighted by Gasteiger charge is -2.34. The van der Waals surface area contributed by atoms with E-state index in [9.17, 15) is 0 Å². The van der Waals surface area contributed by atoms with Gasteiger partial charge in [-0.2, -0.15) is 0 Å². The van der Waals surface area contributed by atoms with Crippen LogP contribution in [0.15, 0.2) is 60.7 Å². The Hall–Kier alpha value is -2.24. The highest BCUT2D eigenvalue weighted by Crippen LogP contribution is 2.56. The second-order valence-corrected chi connectivity index (χ2v) is 17.6. The highest BCUT2D eigenvalue weighted by Gasteiger charge is 2.43. The maximum atomic E-state index is 6.75. The van der Waals surface area contributed by atoms with Crippen LogP contribution >= 0.6 is 22.7 Å². The molecule has 0 aliphatic heterocycles. The fraction of sp³-hybridized carbons (Fsp3) is 0.535. The van der Waals surface area contributed by atoms with E-state index in [0.717, 1.165) is 0 Å². The van der Waals surface area contributed by atoms with Gasteiger partial charge in [0.15, 0.2) is 0 Å². The molecule has 4 aromatic rings. The van der Waals surface area contributed by atoms with Crippen molar-refractivity contribution < 1.29 is 0 Å². The first-order chi connectivity index (χ1) is 22.5. The van der Waals surface area contributed by atoms with Gasteiger partial charge in [-0.25, -0.2) is 0 Å². The molecule has 47 heavy (non-hydrogen) atoms. The Morgan fingerprint density at radius 3 is 1.62 bits per heavy atom. The van der Waals surface area contributed by atoms with Crippen LogP contribution in [-0.2, 0) is 16.5 Å². The molecular formula is C43H60N2S2. The molecular weight excluding hydrogens is 609 g/mol. The fourth-order valence-electron chi connectivity index (χ4n) is 7.57. The predicted octanol–water partition coefficient (Wildman–Crippen LogP) is 13.3. The summed E-state index contributed by atoms with van der Waals surface area (Å²) in [6.45, 7) is 13.1. The molecule has 0 fully saturated rings. The molecule has 4 heteroatoms. The van der Waals surface area contributed by atoms with Crippen molar-refractivity contribution in [3.05, 3.63) is 82.2 Å². The van der Waals surface area contributed by atoms with Gasteiger partial charge in [0.2, 0.25) is 0 Å². The summed E-state index contributed by atoms with van der Waals surface area (Å²) in [7, 11) is 0. The maximum absolute atomic E-state index is 6.75. The van der Waals surface area contributed by atoms with Crippen LogP contribution in [0.25, 0.3) is 31.3 Å². The Morgan fingerprint density at radius 1 is 0.532 bits per heavy atom. The molecule has 0 unspecified atom stereocenters. The summed E-state index contributed by atoms with van der Waals surface area (Å²) in [4.78, 5) is 5.20. The third-order valence-electron chi connectivity index (χ3n) is 10.4. The molecule has 2 heterocycles. The number of unbranched alkanes of at least 4 members (excludes halogenated alkanes) is 10. The van der Waals surface area contributed by atoms with E-state index in [1.807, 2.05) is 22.7 Å². The molecule has 0 saturated heterocycles. The molecule has 0 bridgehead atoms. The largest absolute Gasteiger partial charge is 0.322 e. The first kappa shape index (κ1) is 36.1. The molecule has 0 saturated carbocycles. The monoisotopic (exact) mass is 668 g/mol. The summed E-state index contributed by atoms with van der Waals surface area (Å²) in [6.07, 6.45) is 18.3. The van der Waals surface area contributed by atoms with Gasteiger partial charge in [-0.15, -0.1) is 22.7 Å². The van der Waals surface area contributed by atoms with E-state index in [2.05, 4.69) is 102 Å². The van der Waals surface area contributed by atoms with Crippen LogP contribution in [0.4, 0.5) is 0 Å². The molecule has 0 atom stereocenters. The standard InChI is InChI=1S/C43H60N2S2/c1-7-9-11-13-15-17-27-43(28-18-16-14-12-10-8-2)35-29-31(19-21-33(35)34-22-20-32(30-36(34)43)41(3,4)44)37-23-24-38(46-37)39-25-26-40(47-39)42(5,6)45/h19-26,29-30H,7-18,27-28,44-45H2,1-6H3. The van der Waals surface area contributed by atoms with E-state index < -0.39 is 0 Å². The third-order valence-corrected chi connectivity index (χ3v) is 13.1. The summed E-state index contributed by atoms with van der Waals surface area (Å²) in [5, 5.41) is 0. The predicted molar refractivity (Wildman–Crippen MR) is 210 cm³/mol. The zero-order valence-electron chi connectivity index (χ0n) is 30.1. The molecule has 4 N–H and O–H groups in total. The highest BCUT2D eigenvalue weighted by molar-refractivity contribution is 7.24. The minimum Gasteiger partial charge on any atom is -0.322 e. The quantitative estimate of drug-likeness (QED) is 0.104. The number of hydrogen-bond acceptors (Lipinski definition) is 4. The average Bonchev–Trinajstić information content (AvgIpc) is 3.78. The van der Waals surface area contributed by atoms with Gasteiger partial charge in [0, 0.05) is 36.0 Å². The fourth-order valence-corrected chi connectivity index (χ4v) is 9.68. The zero-order chi connectivity index (χ0) is 33.7. The maximum Gasteiger partial charge on any atom is 0.0449 e. The average molecular weight is 669 g/mol. The van der Waals surface area contributed by atoms with Crippen LogP contribution in [0.3, 0.4) is 0 Å². The van der Waals surface area contributed by atoms with E-state index in [1.54, 1.807) is 5.56 Å². The van der Waals surface area contributed by atoms with Crippen LogP contribution in [0.1, 0.15) is 153 Å². The van der Waals surface area contributed by atoms with E-state index >= 15 is 0 Å². The van der Waals surface area contributed by atoms with Gasteiger partial charge in [-0.3, -0.25) is 0 Å². The van der Waals surface area contributed by atoms with E-state index in [1.165, 1.54) is 137 Å². The summed E-state index contributed by atoms with van der Waals surface area (Å²) >= 11 is 3.73. The van der Waals surface area contributed by atoms with Gasteiger partial charge < -0.3 is 11.5 Å². The zero-order valence-corrected chi connectivity index (χ0v) is 31.8. The van der Waals surface area contributed by atoms with Crippen molar-refractivity contribution >= 4 is 22.7 Å². The minimum atomic E-state index is -0.366. The molecule has 2 nitrogen and oxygen atoms in total. The smallest absolute Gasteiger partial charge is 0.0449 e. The van der Waals surface area contributed by atoms with Gasteiger partial charge in [0.25, 0.3) is 0 Å². The topological polar surface area (TPSA) is 52.0 Å². The SMILES string of the molecule is CCCCCCCCC1(CCCCCCCC)c2cc(-c3ccc(-c4ccc(C(C)(C)N)s4)s3)ccc2-c2ccc(C(C)(C)N)cc21. The third kappa shape index (κ3) is 8.32. The number of thiophene rings is 2. The molecule has 1 aliphatic rings. The van der Waals surface area contributed by atoms with Crippen molar-refractivity contribution in [1.29, 1.82) is 0 Å². The molecule has 0 amide bonds. The molecule has 2 aromatic heterocycles. The van der Waals surface area contributed by atoms with Crippen LogP contribution < -0.4 is 11.5 Å². The molecule has 2 aromatic carbocycles. The van der Waals surface area contributed by atoms with Crippen molar-refractivity contribution in [3.8, 4) is 31.3 Å². The second kappa shape index (κ2) is 15.5. The second-order valence-electron chi connectivity index (χ2n) is 15.4. The van der Waals surface area contributed by atoms with Crippen LogP contribution in [0.5, 0.6) is 0 Å². The summed E-state index contributed by atoms with van der Waals surface area (Å²) in [6, 6.07) is 23.6. The van der Waals surface area contributed by atoms with E-state index in [4.69, 9.17) is 11.5 Å². The van der Waals surface area contributed by atoms with Crippen LogP contribution in [-0.4, -0.2) is 0 Å². The lowest BCUT2D eigenvalue weighted by Crippen LogP contribution is -2.30. The van der Waals surface area contributed by atoms with Crippen molar-refractivity contribution in [2.24, 2.45) is 11.5 Å². The van der Waals surface area contributed by atoms with Gasteiger partial charge >= 0.3 is 0 Å². The first-order valence-corrected chi connectivity index (χ1v) is 20.2. The number of nitrogens with two attached hydrogens (primary N) is 2. The number of benzene rings is 2. The Kier molecular flexibility index (Phi) is 11.9. The summed E-state index contributed by atoms with van der Waals surface area (Å²) in [5.41, 5.74) is 21.1. The molecule has 5 rings (SSSR count). The molecule has 0 radical (unpaired) electrons. The Labute approximate surface area is 294 Å². The Morgan fingerprint density at radius 2 is 1.04 bits per heavy atom. The van der Waals surface area contributed by atoms with Crippen molar-refractivity contribution in [2.75, 3.05) is 0 Å². The minimum absolute atomic E-state index is 0.0346. The van der Waals surface area contributed by atoms with E-state index in [0.29, 0.717) is 0 Å². The molecule has 0 spiro atoms. The normalized spacial score (nSPS) is 14.0. The van der Waals surface area contributed by atoms with Crippen LogP contribution in [0.2, 0.25) is 0 Å². The first-order valence-electron chi connectivity index (χ1n) is 18.6. The van der Waals surface area contributed by atoms with Crippen molar-refractivity contribution in [2.45, 2.75) is 148 Å². The Bertz CT molecular complexity index is 1580. The van der Waals surface area contributed by atoms with Crippen molar-refractivity contribution in [1.82, 2.24) is 0 Å². The van der Waals surface area contributed by atoms with Crippen LogP contribution in [0, 0.1) is 0 Å². The highest BCUT2D eigenvalue weighted by atomic mass is 32.1. The summed E-state index contributed by atoms with van der Waals surface area (Å²) in [5.74, 6) is 0. The number of hydrogen-bond donors (Lipinski definition) is 2. The van der Waals surface area contributed by atoms with Gasteiger partial charge in [0.05, 0.1) is 0 Å². The Balaban J connectivity index is 1.53. The van der Waals surface area contributed by atoms with Gasteiger partial charge in [-0.1, -0.05) is 121 Å². The lowest BCUT2D eigenvalue weighted by atomic mass is 9.69. The number of fused-ring (bicyclic) bond motifs is 3.